The van der Waals surface area contributed by atoms with E-state index < -0.39 is 40.3 Å². The molecule has 7 heteroatoms. The fourth-order valence-corrected chi connectivity index (χ4v) is 1.42. The first-order chi connectivity index (χ1) is 9.93. The summed E-state index contributed by atoms with van der Waals surface area (Å²) >= 11 is 0. The highest BCUT2D eigenvalue weighted by atomic mass is 19.2. The van der Waals surface area contributed by atoms with Crippen LogP contribution in [-0.2, 0) is 14.3 Å². The van der Waals surface area contributed by atoms with Crippen molar-refractivity contribution in [3.63, 3.8) is 0 Å². The first-order valence-electron chi connectivity index (χ1n) is 6.11. The molecule has 0 aliphatic rings. The Morgan fingerprint density at radius 1 is 1.10 bits per heavy atom. The number of benzene rings is 1. The van der Waals surface area contributed by atoms with E-state index in [1.165, 1.54) is 6.92 Å². The predicted molar refractivity (Wildman–Crippen MR) is 67.0 cm³/mol. The second-order valence-corrected chi connectivity index (χ2v) is 3.76. The minimum Gasteiger partial charge on any atom is -0.500 e. The van der Waals surface area contributed by atoms with Gasteiger partial charge >= 0.3 is 5.97 Å². The molecule has 0 fully saturated rings. The van der Waals surface area contributed by atoms with Crippen LogP contribution < -0.4 is 0 Å². The SMILES string of the molecule is CCOC=C(C(=O)OCC)C(=O)c1ccc(F)c(F)c1F. The van der Waals surface area contributed by atoms with Crippen LogP contribution in [0, 0.1) is 17.5 Å². The fourth-order valence-electron chi connectivity index (χ4n) is 1.42. The molecule has 0 N–H and O–H groups in total. The summed E-state index contributed by atoms with van der Waals surface area (Å²) in [6, 6.07) is 1.34. The van der Waals surface area contributed by atoms with E-state index in [4.69, 9.17) is 4.74 Å². The van der Waals surface area contributed by atoms with Gasteiger partial charge in [0.2, 0.25) is 5.78 Å². The van der Waals surface area contributed by atoms with Crippen molar-refractivity contribution in [2.24, 2.45) is 0 Å². The number of carbonyl (C=O) groups is 2. The van der Waals surface area contributed by atoms with E-state index in [1.54, 1.807) is 6.92 Å². The Labute approximate surface area is 119 Å². The second kappa shape index (κ2) is 7.47. The first kappa shape index (κ1) is 16.7. The molecule has 0 saturated carbocycles. The third kappa shape index (κ3) is 3.84. The topological polar surface area (TPSA) is 52.6 Å². The molecular weight excluding hydrogens is 289 g/mol. The highest BCUT2D eigenvalue weighted by molar-refractivity contribution is 6.24. The number of esters is 1. The number of Topliss-reactive ketones (excluding diaryl/α,β-unsaturated/α-hetero) is 1. The molecule has 114 valence electrons. The van der Waals surface area contributed by atoms with Gasteiger partial charge in [-0.25, -0.2) is 18.0 Å². The minimum absolute atomic E-state index is 0.0180. The molecule has 1 rings (SSSR count). The van der Waals surface area contributed by atoms with E-state index in [0.717, 1.165) is 12.3 Å². The van der Waals surface area contributed by atoms with Crippen molar-refractivity contribution in [1.29, 1.82) is 0 Å². The molecule has 0 aromatic heterocycles. The van der Waals surface area contributed by atoms with Gasteiger partial charge in [-0.1, -0.05) is 0 Å². The Kier molecular flexibility index (Phi) is 5.95. The summed E-state index contributed by atoms with van der Waals surface area (Å²) in [5.74, 6) is -7.10. The zero-order valence-electron chi connectivity index (χ0n) is 11.4. The van der Waals surface area contributed by atoms with Gasteiger partial charge in [0.05, 0.1) is 18.8 Å². The van der Waals surface area contributed by atoms with Crippen molar-refractivity contribution >= 4 is 11.8 Å². The minimum atomic E-state index is -1.79. The molecule has 4 nitrogen and oxygen atoms in total. The van der Waals surface area contributed by atoms with E-state index in [-0.39, 0.29) is 13.2 Å². The molecular formula is C14H13F3O4. The molecule has 0 spiro atoms. The molecule has 0 bridgehead atoms. The molecule has 0 amide bonds. The van der Waals surface area contributed by atoms with E-state index in [9.17, 15) is 22.8 Å². The Morgan fingerprint density at radius 3 is 2.33 bits per heavy atom. The van der Waals surface area contributed by atoms with Gasteiger partial charge in [0, 0.05) is 0 Å². The molecule has 1 aromatic carbocycles. The summed E-state index contributed by atoms with van der Waals surface area (Å²) in [5, 5.41) is 0. The van der Waals surface area contributed by atoms with Crippen molar-refractivity contribution in [3.8, 4) is 0 Å². The first-order valence-corrected chi connectivity index (χ1v) is 6.11. The van der Waals surface area contributed by atoms with Crippen LogP contribution in [0.4, 0.5) is 13.2 Å². The third-order valence-corrected chi connectivity index (χ3v) is 2.39. The lowest BCUT2D eigenvalue weighted by Crippen LogP contribution is -2.18. The summed E-state index contributed by atoms with van der Waals surface area (Å²) in [6.07, 6.45) is 0.807. The summed E-state index contributed by atoms with van der Waals surface area (Å²) in [6.45, 7) is 3.24. The maximum atomic E-state index is 13.6. The molecule has 0 heterocycles. The number of ether oxygens (including phenoxy) is 2. The van der Waals surface area contributed by atoms with Crippen LogP contribution in [0.25, 0.3) is 0 Å². The largest absolute Gasteiger partial charge is 0.500 e. The molecule has 0 atom stereocenters. The zero-order valence-corrected chi connectivity index (χ0v) is 11.4. The van der Waals surface area contributed by atoms with Gasteiger partial charge in [-0.05, 0) is 26.0 Å². The molecule has 1 aromatic rings. The normalized spacial score (nSPS) is 11.2. The van der Waals surface area contributed by atoms with Gasteiger partial charge in [-0.15, -0.1) is 0 Å². The molecule has 0 aliphatic carbocycles. The fraction of sp³-hybridized carbons (Fsp3) is 0.286. The smallest absolute Gasteiger partial charge is 0.345 e. The number of hydrogen-bond donors (Lipinski definition) is 0. The zero-order chi connectivity index (χ0) is 16.0. The molecule has 21 heavy (non-hydrogen) atoms. The summed E-state index contributed by atoms with van der Waals surface area (Å²) in [7, 11) is 0. The van der Waals surface area contributed by atoms with Crippen molar-refractivity contribution in [1.82, 2.24) is 0 Å². The number of carbonyl (C=O) groups excluding carboxylic acids is 2. The lowest BCUT2D eigenvalue weighted by Gasteiger charge is -2.08. The van der Waals surface area contributed by atoms with E-state index in [2.05, 4.69) is 4.74 Å². The average Bonchev–Trinajstić information content (AvgIpc) is 2.45. The summed E-state index contributed by atoms with van der Waals surface area (Å²) in [4.78, 5) is 23.7. The summed E-state index contributed by atoms with van der Waals surface area (Å²) in [5.41, 5.74) is -1.39. The highest BCUT2D eigenvalue weighted by Gasteiger charge is 2.26. The van der Waals surface area contributed by atoms with Crippen LogP contribution in [-0.4, -0.2) is 25.0 Å². The maximum Gasteiger partial charge on any atom is 0.345 e. The van der Waals surface area contributed by atoms with E-state index >= 15 is 0 Å². The molecule has 0 saturated heterocycles. The van der Waals surface area contributed by atoms with Crippen LogP contribution in [0.5, 0.6) is 0 Å². The Balaban J connectivity index is 3.23. The van der Waals surface area contributed by atoms with Crippen LogP contribution >= 0.6 is 0 Å². The Hall–Kier alpha value is -2.31. The predicted octanol–water partition coefficient (Wildman–Crippen LogP) is 2.77. The standard InChI is InChI=1S/C14H13F3O4/c1-3-20-7-9(14(19)21-4-2)13(18)8-5-6-10(15)12(17)11(8)16/h5-7H,3-4H2,1-2H3. The molecule has 0 radical (unpaired) electrons. The molecule has 0 unspecified atom stereocenters. The monoisotopic (exact) mass is 302 g/mol. The van der Waals surface area contributed by atoms with Crippen molar-refractivity contribution in [3.05, 3.63) is 47.0 Å². The number of ketones is 1. The van der Waals surface area contributed by atoms with Gasteiger partial charge in [0.15, 0.2) is 17.5 Å². The van der Waals surface area contributed by atoms with Crippen molar-refractivity contribution in [2.75, 3.05) is 13.2 Å². The van der Waals surface area contributed by atoms with Crippen LogP contribution in [0.1, 0.15) is 24.2 Å². The van der Waals surface area contributed by atoms with Crippen LogP contribution in [0.3, 0.4) is 0 Å². The maximum absolute atomic E-state index is 13.6. The van der Waals surface area contributed by atoms with Gasteiger partial charge < -0.3 is 9.47 Å². The van der Waals surface area contributed by atoms with Gasteiger partial charge in [0.25, 0.3) is 0 Å². The van der Waals surface area contributed by atoms with Gasteiger partial charge in [0.1, 0.15) is 11.8 Å². The second-order valence-electron chi connectivity index (χ2n) is 3.76. The van der Waals surface area contributed by atoms with Crippen molar-refractivity contribution in [2.45, 2.75) is 13.8 Å². The number of halogens is 3. The molecule has 0 aliphatic heterocycles. The van der Waals surface area contributed by atoms with Crippen molar-refractivity contribution < 1.29 is 32.2 Å². The lowest BCUT2D eigenvalue weighted by molar-refractivity contribution is -0.138. The quantitative estimate of drug-likeness (QED) is 0.154. The summed E-state index contributed by atoms with van der Waals surface area (Å²) < 4.78 is 49.0. The van der Waals surface area contributed by atoms with Crippen LogP contribution in [0.2, 0.25) is 0 Å². The van der Waals surface area contributed by atoms with E-state index in [1.807, 2.05) is 0 Å². The average molecular weight is 302 g/mol. The van der Waals surface area contributed by atoms with Gasteiger partial charge in [-0.3, -0.25) is 4.79 Å². The van der Waals surface area contributed by atoms with E-state index in [0.29, 0.717) is 6.07 Å². The number of rotatable bonds is 6. The highest BCUT2D eigenvalue weighted by Crippen LogP contribution is 2.19. The Morgan fingerprint density at radius 2 is 1.76 bits per heavy atom. The van der Waals surface area contributed by atoms with Crippen LogP contribution in [0.15, 0.2) is 24.0 Å². The third-order valence-electron chi connectivity index (χ3n) is 2.39. The lowest BCUT2D eigenvalue weighted by atomic mass is 10.0. The number of hydrogen-bond acceptors (Lipinski definition) is 4. The van der Waals surface area contributed by atoms with Gasteiger partial charge in [-0.2, -0.15) is 0 Å². The Bertz CT molecular complexity index is 582.